The molecule has 0 radical (unpaired) electrons. The van der Waals surface area contributed by atoms with E-state index in [2.05, 4.69) is 10.3 Å². The first-order chi connectivity index (χ1) is 7.75. The second-order valence-electron chi connectivity index (χ2n) is 3.70. The predicted octanol–water partition coefficient (Wildman–Crippen LogP) is 3.14. The molecule has 2 aromatic rings. The first-order valence-corrected chi connectivity index (χ1v) is 5.14. The number of nitrogens with one attached hydrogen (secondary N) is 1. The largest absolute Gasteiger partial charge is 0.379 e. The van der Waals surface area contributed by atoms with Crippen molar-refractivity contribution in [2.75, 3.05) is 5.32 Å². The zero-order chi connectivity index (χ0) is 11.4. The van der Waals surface area contributed by atoms with Gasteiger partial charge < -0.3 is 5.32 Å². The highest BCUT2D eigenvalue weighted by molar-refractivity contribution is 5.46. The van der Waals surface area contributed by atoms with Crippen molar-refractivity contribution in [3.8, 4) is 0 Å². The Labute approximate surface area is 94.2 Å². The maximum atomic E-state index is 13.5. The summed E-state index contributed by atoms with van der Waals surface area (Å²) in [5, 5.41) is 3.04. The normalized spacial score (nSPS) is 10.1. The van der Waals surface area contributed by atoms with Crippen LogP contribution in [0.5, 0.6) is 0 Å². The average molecular weight is 216 g/mol. The Morgan fingerprint density at radius 1 is 1.31 bits per heavy atom. The van der Waals surface area contributed by atoms with Crippen LogP contribution in [0.15, 0.2) is 42.7 Å². The topological polar surface area (TPSA) is 24.9 Å². The van der Waals surface area contributed by atoms with Crippen LogP contribution in [-0.4, -0.2) is 4.98 Å². The quantitative estimate of drug-likeness (QED) is 0.852. The number of aryl methyl sites for hydroxylation is 1. The number of halogens is 1. The van der Waals surface area contributed by atoms with Crippen LogP contribution in [0.1, 0.15) is 11.1 Å². The fourth-order valence-electron chi connectivity index (χ4n) is 1.46. The van der Waals surface area contributed by atoms with Gasteiger partial charge in [-0.15, -0.1) is 0 Å². The van der Waals surface area contributed by atoms with Crippen LogP contribution in [0.2, 0.25) is 0 Å². The van der Waals surface area contributed by atoms with E-state index in [1.54, 1.807) is 18.5 Å². The van der Waals surface area contributed by atoms with Gasteiger partial charge in [0.1, 0.15) is 5.82 Å². The summed E-state index contributed by atoms with van der Waals surface area (Å²) in [4.78, 5) is 4.00. The second kappa shape index (κ2) is 4.75. The molecule has 0 atom stereocenters. The summed E-state index contributed by atoms with van der Waals surface area (Å²) < 4.78 is 13.5. The number of anilines is 1. The average Bonchev–Trinajstić information content (AvgIpc) is 2.29. The van der Waals surface area contributed by atoms with Gasteiger partial charge in [0, 0.05) is 18.9 Å². The lowest BCUT2D eigenvalue weighted by Crippen LogP contribution is -2.01. The third kappa shape index (κ3) is 2.57. The number of rotatable bonds is 3. The summed E-state index contributed by atoms with van der Waals surface area (Å²) in [7, 11) is 0. The van der Waals surface area contributed by atoms with Gasteiger partial charge in [0.05, 0.1) is 5.69 Å². The van der Waals surface area contributed by atoms with Gasteiger partial charge in [-0.05, 0) is 36.2 Å². The maximum absolute atomic E-state index is 13.5. The van der Waals surface area contributed by atoms with Crippen molar-refractivity contribution in [2.45, 2.75) is 13.5 Å². The predicted molar refractivity (Wildman–Crippen MR) is 62.7 cm³/mol. The highest BCUT2D eigenvalue weighted by Crippen LogP contribution is 2.15. The van der Waals surface area contributed by atoms with Crippen LogP contribution in [0.4, 0.5) is 10.1 Å². The first-order valence-electron chi connectivity index (χ1n) is 5.14. The monoisotopic (exact) mass is 216 g/mol. The van der Waals surface area contributed by atoms with Crippen molar-refractivity contribution >= 4 is 5.69 Å². The lowest BCUT2D eigenvalue weighted by Gasteiger charge is -2.07. The molecule has 0 aliphatic heterocycles. The zero-order valence-corrected chi connectivity index (χ0v) is 9.07. The van der Waals surface area contributed by atoms with Crippen LogP contribution >= 0.6 is 0 Å². The minimum atomic E-state index is -0.219. The number of hydrogen-bond donors (Lipinski definition) is 1. The van der Waals surface area contributed by atoms with Crippen LogP contribution in [0, 0.1) is 12.7 Å². The van der Waals surface area contributed by atoms with E-state index in [9.17, 15) is 4.39 Å². The van der Waals surface area contributed by atoms with Crippen LogP contribution < -0.4 is 5.32 Å². The fourth-order valence-corrected chi connectivity index (χ4v) is 1.46. The van der Waals surface area contributed by atoms with Crippen molar-refractivity contribution in [3.05, 3.63) is 59.7 Å². The van der Waals surface area contributed by atoms with Crippen molar-refractivity contribution in [1.82, 2.24) is 4.98 Å². The molecule has 82 valence electrons. The molecule has 0 aliphatic rings. The van der Waals surface area contributed by atoms with E-state index >= 15 is 0 Å². The van der Waals surface area contributed by atoms with Crippen LogP contribution in [0.3, 0.4) is 0 Å². The molecule has 0 unspecified atom stereocenters. The van der Waals surface area contributed by atoms with E-state index in [0.717, 1.165) is 11.1 Å². The van der Waals surface area contributed by atoms with Gasteiger partial charge in [0.2, 0.25) is 0 Å². The SMILES string of the molecule is Cc1ccc(NCc2cccnc2)c(F)c1. The Morgan fingerprint density at radius 3 is 2.88 bits per heavy atom. The van der Waals surface area contributed by atoms with Crippen LogP contribution in [0.25, 0.3) is 0 Å². The van der Waals surface area contributed by atoms with Crippen molar-refractivity contribution < 1.29 is 4.39 Å². The lowest BCUT2D eigenvalue weighted by atomic mass is 10.2. The Hall–Kier alpha value is -1.90. The van der Waals surface area contributed by atoms with E-state index in [0.29, 0.717) is 12.2 Å². The summed E-state index contributed by atoms with van der Waals surface area (Å²) in [6.45, 7) is 2.45. The second-order valence-corrected chi connectivity index (χ2v) is 3.70. The molecule has 0 amide bonds. The molecule has 2 rings (SSSR count). The fraction of sp³-hybridized carbons (Fsp3) is 0.154. The van der Waals surface area contributed by atoms with Crippen molar-refractivity contribution in [1.29, 1.82) is 0 Å². The molecular formula is C13H13FN2. The molecular weight excluding hydrogens is 203 g/mol. The Bertz CT molecular complexity index is 469. The van der Waals surface area contributed by atoms with Gasteiger partial charge >= 0.3 is 0 Å². The molecule has 1 N–H and O–H groups in total. The Kier molecular flexibility index (Phi) is 3.15. The third-order valence-corrected chi connectivity index (χ3v) is 2.33. The minimum absolute atomic E-state index is 0.219. The maximum Gasteiger partial charge on any atom is 0.146 e. The summed E-state index contributed by atoms with van der Waals surface area (Å²) >= 11 is 0. The standard InChI is InChI=1S/C13H13FN2/c1-10-4-5-13(12(14)7-10)16-9-11-3-2-6-15-8-11/h2-8,16H,9H2,1H3. The van der Waals surface area contributed by atoms with Crippen molar-refractivity contribution in [2.24, 2.45) is 0 Å². The smallest absolute Gasteiger partial charge is 0.146 e. The van der Waals surface area contributed by atoms with Gasteiger partial charge in [0.15, 0.2) is 0 Å². The molecule has 0 spiro atoms. The summed E-state index contributed by atoms with van der Waals surface area (Å²) in [5.74, 6) is -0.219. The molecule has 1 aromatic carbocycles. The van der Waals surface area contributed by atoms with Crippen LogP contribution in [-0.2, 0) is 6.54 Å². The molecule has 16 heavy (non-hydrogen) atoms. The van der Waals surface area contributed by atoms with E-state index < -0.39 is 0 Å². The number of pyridine rings is 1. The molecule has 0 fully saturated rings. The number of benzene rings is 1. The van der Waals surface area contributed by atoms with Gasteiger partial charge in [-0.25, -0.2) is 4.39 Å². The molecule has 2 nitrogen and oxygen atoms in total. The van der Waals surface area contributed by atoms with E-state index in [-0.39, 0.29) is 5.82 Å². The molecule has 0 aliphatic carbocycles. The summed E-state index contributed by atoms with van der Waals surface area (Å²) in [6.07, 6.45) is 3.48. The van der Waals surface area contributed by atoms with Gasteiger partial charge in [-0.1, -0.05) is 12.1 Å². The van der Waals surface area contributed by atoms with E-state index in [1.807, 2.05) is 25.1 Å². The molecule has 1 heterocycles. The van der Waals surface area contributed by atoms with Gasteiger partial charge in [0.25, 0.3) is 0 Å². The molecule has 3 heteroatoms. The minimum Gasteiger partial charge on any atom is -0.379 e. The Balaban J connectivity index is 2.05. The first kappa shape index (κ1) is 10.6. The van der Waals surface area contributed by atoms with E-state index in [1.165, 1.54) is 6.07 Å². The molecule has 0 bridgehead atoms. The molecule has 0 saturated carbocycles. The van der Waals surface area contributed by atoms with Gasteiger partial charge in [-0.2, -0.15) is 0 Å². The summed E-state index contributed by atoms with van der Waals surface area (Å²) in [5.41, 5.74) is 2.47. The highest BCUT2D eigenvalue weighted by atomic mass is 19.1. The van der Waals surface area contributed by atoms with Crippen molar-refractivity contribution in [3.63, 3.8) is 0 Å². The number of aromatic nitrogens is 1. The molecule has 1 aromatic heterocycles. The number of nitrogens with zero attached hydrogens (tertiary/aromatic N) is 1. The van der Waals surface area contributed by atoms with Gasteiger partial charge in [-0.3, -0.25) is 4.98 Å². The molecule has 0 saturated heterocycles. The lowest BCUT2D eigenvalue weighted by molar-refractivity contribution is 0.629. The van der Waals surface area contributed by atoms with E-state index in [4.69, 9.17) is 0 Å². The summed E-state index contributed by atoms with van der Waals surface area (Å²) in [6, 6.07) is 8.97. The number of hydrogen-bond acceptors (Lipinski definition) is 2. The zero-order valence-electron chi connectivity index (χ0n) is 9.07. The Morgan fingerprint density at radius 2 is 2.19 bits per heavy atom. The third-order valence-electron chi connectivity index (χ3n) is 2.33. The highest BCUT2D eigenvalue weighted by Gasteiger charge is 2.01.